The quantitative estimate of drug-likeness (QED) is 0.688. The van der Waals surface area contributed by atoms with Crippen molar-refractivity contribution in [2.45, 2.75) is 70.9 Å². The predicted octanol–water partition coefficient (Wildman–Crippen LogP) is 2.31. The molecule has 0 heterocycles. The second-order valence-corrected chi connectivity index (χ2v) is 5.81. The molecule has 0 amide bonds. The minimum Gasteiger partial charge on any atom is -0.465 e. The predicted molar refractivity (Wildman–Crippen MR) is 78.0 cm³/mol. The normalized spacial score (nSPS) is 19.6. The van der Waals surface area contributed by atoms with E-state index in [0.29, 0.717) is 13.0 Å². The van der Waals surface area contributed by atoms with E-state index in [-0.39, 0.29) is 5.97 Å². The average molecular weight is 270 g/mol. The van der Waals surface area contributed by atoms with Crippen LogP contribution in [0.5, 0.6) is 0 Å². The van der Waals surface area contributed by atoms with Crippen LogP contribution >= 0.6 is 0 Å². The molecule has 2 N–H and O–H groups in total. The molecular weight excluding hydrogens is 240 g/mol. The summed E-state index contributed by atoms with van der Waals surface area (Å²) >= 11 is 0. The van der Waals surface area contributed by atoms with Crippen molar-refractivity contribution < 1.29 is 9.53 Å². The second-order valence-electron chi connectivity index (χ2n) is 5.81. The first-order valence-corrected chi connectivity index (χ1v) is 7.71. The number of hydrogen-bond acceptors (Lipinski definition) is 4. The van der Waals surface area contributed by atoms with Crippen LogP contribution in [0.1, 0.15) is 59.3 Å². The zero-order valence-electron chi connectivity index (χ0n) is 12.8. The molecule has 4 nitrogen and oxygen atoms in total. The molecule has 0 aromatic carbocycles. The third-order valence-electron chi connectivity index (χ3n) is 4.13. The minimum absolute atomic E-state index is 0.279. The summed E-state index contributed by atoms with van der Waals surface area (Å²) in [6, 6.07) is 0.747. The van der Waals surface area contributed by atoms with E-state index in [4.69, 9.17) is 10.5 Å². The summed E-state index contributed by atoms with van der Waals surface area (Å²) in [5.41, 5.74) is 5.19. The molecule has 1 unspecified atom stereocenters. The van der Waals surface area contributed by atoms with Gasteiger partial charge < -0.3 is 15.4 Å². The van der Waals surface area contributed by atoms with Gasteiger partial charge in [-0.05, 0) is 52.6 Å². The van der Waals surface area contributed by atoms with Crippen LogP contribution in [-0.2, 0) is 9.53 Å². The Morgan fingerprint density at radius 2 is 2.00 bits per heavy atom. The van der Waals surface area contributed by atoms with Crippen LogP contribution in [-0.4, -0.2) is 42.1 Å². The zero-order valence-corrected chi connectivity index (χ0v) is 12.8. The number of ether oxygens (including phenoxy) is 1. The van der Waals surface area contributed by atoms with E-state index in [9.17, 15) is 4.79 Å². The molecule has 112 valence electrons. The summed E-state index contributed by atoms with van der Waals surface area (Å²) in [7, 11) is 0. The van der Waals surface area contributed by atoms with Crippen LogP contribution < -0.4 is 5.73 Å². The van der Waals surface area contributed by atoms with Gasteiger partial charge in [-0.3, -0.25) is 4.79 Å². The van der Waals surface area contributed by atoms with Crippen molar-refractivity contribution in [2.75, 3.05) is 19.7 Å². The molecule has 1 aliphatic carbocycles. The summed E-state index contributed by atoms with van der Waals surface area (Å²) in [6.45, 7) is 8.32. The van der Waals surface area contributed by atoms with Crippen molar-refractivity contribution in [3.05, 3.63) is 0 Å². The number of carbonyl (C=O) groups is 1. The lowest BCUT2D eigenvalue weighted by molar-refractivity contribution is -0.149. The second kappa shape index (κ2) is 7.85. The van der Waals surface area contributed by atoms with Gasteiger partial charge in [-0.25, -0.2) is 0 Å². The highest BCUT2D eigenvalue weighted by molar-refractivity contribution is 5.79. The smallest absolute Gasteiger partial charge is 0.325 e. The number of nitrogens with zero attached hydrogens (tertiary/aromatic N) is 1. The summed E-state index contributed by atoms with van der Waals surface area (Å²) in [5, 5.41) is 0. The molecule has 19 heavy (non-hydrogen) atoms. The van der Waals surface area contributed by atoms with Crippen LogP contribution in [0.25, 0.3) is 0 Å². The number of hydrogen-bond donors (Lipinski definition) is 1. The first-order valence-electron chi connectivity index (χ1n) is 7.71. The molecule has 0 radical (unpaired) electrons. The number of esters is 1. The maximum absolute atomic E-state index is 11.7. The van der Waals surface area contributed by atoms with E-state index in [1.54, 1.807) is 6.92 Å². The molecule has 0 bridgehead atoms. The van der Waals surface area contributed by atoms with Gasteiger partial charge in [-0.2, -0.15) is 0 Å². The molecule has 0 aromatic rings. The van der Waals surface area contributed by atoms with Gasteiger partial charge in [-0.1, -0.05) is 19.8 Å². The third-order valence-corrected chi connectivity index (χ3v) is 4.13. The van der Waals surface area contributed by atoms with E-state index >= 15 is 0 Å². The average Bonchev–Trinajstić information content (AvgIpc) is 2.88. The summed E-state index contributed by atoms with van der Waals surface area (Å²) in [6.07, 6.45) is 7.01. The van der Waals surface area contributed by atoms with Gasteiger partial charge in [0.2, 0.25) is 0 Å². The van der Waals surface area contributed by atoms with E-state index < -0.39 is 5.54 Å². The highest BCUT2D eigenvalue weighted by Crippen LogP contribution is 2.24. The fraction of sp³-hybridized carbons (Fsp3) is 0.933. The lowest BCUT2D eigenvalue weighted by atomic mass is 9.97. The Labute approximate surface area is 117 Å². The molecule has 0 saturated heterocycles. The van der Waals surface area contributed by atoms with Gasteiger partial charge in [0.05, 0.1) is 6.61 Å². The fourth-order valence-electron chi connectivity index (χ4n) is 2.92. The Bertz CT molecular complexity index is 273. The van der Waals surface area contributed by atoms with E-state index in [1.165, 1.54) is 25.7 Å². The van der Waals surface area contributed by atoms with Crippen molar-refractivity contribution in [1.82, 2.24) is 4.90 Å². The number of carbonyl (C=O) groups excluding carboxylic acids is 1. The van der Waals surface area contributed by atoms with E-state index in [2.05, 4.69) is 11.8 Å². The van der Waals surface area contributed by atoms with Gasteiger partial charge >= 0.3 is 5.97 Å². The Balaban J connectivity index is 2.32. The van der Waals surface area contributed by atoms with E-state index in [1.807, 2.05) is 6.92 Å². The topological polar surface area (TPSA) is 55.6 Å². The summed E-state index contributed by atoms with van der Waals surface area (Å²) in [4.78, 5) is 14.2. The molecular formula is C15H30N2O2. The molecule has 0 aliphatic heterocycles. The number of rotatable bonds is 8. The molecule has 4 heteroatoms. The van der Waals surface area contributed by atoms with Gasteiger partial charge in [0.15, 0.2) is 0 Å². The maximum Gasteiger partial charge on any atom is 0.325 e. The number of nitrogens with two attached hydrogens (primary N) is 1. The molecule has 0 aromatic heterocycles. The largest absolute Gasteiger partial charge is 0.465 e. The van der Waals surface area contributed by atoms with E-state index in [0.717, 1.165) is 25.6 Å². The first kappa shape index (κ1) is 16.4. The Kier molecular flexibility index (Phi) is 6.80. The van der Waals surface area contributed by atoms with Crippen LogP contribution in [0, 0.1) is 0 Å². The van der Waals surface area contributed by atoms with Crippen molar-refractivity contribution >= 4 is 5.97 Å². The molecule has 1 atom stereocenters. The lowest BCUT2D eigenvalue weighted by Crippen LogP contribution is -2.46. The van der Waals surface area contributed by atoms with Crippen LogP contribution in [0.3, 0.4) is 0 Å². The standard InChI is InChI=1S/C15H30N2O2/c1-4-17(13-9-6-7-10-13)12-8-11-15(3,16)14(18)19-5-2/h13H,4-12,16H2,1-3H3. The highest BCUT2D eigenvalue weighted by atomic mass is 16.5. The van der Waals surface area contributed by atoms with Crippen molar-refractivity contribution in [2.24, 2.45) is 5.73 Å². The van der Waals surface area contributed by atoms with Gasteiger partial charge in [-0.15, -0.1) is 0 Å². The Hall–Kier alpha value is -0.610. The van der Waals surface area contributed by atoms with Crippen molar-refractivity contribution in [1.29, 1.82) is 0 Å². The van der Waals surface area contributed by atoms with Crippen LogP contribution in [0.4, 0.5) is 0 Å². The summed E-state index contributed by atoms with van der Waals surface area (Å²) < 4.78 is 5.01. The Morgan fingerprint density at radius 3 is 2.53 bits per heavy atom. The Morgan fingerprint density at radius 1 is 1.37 bits per heavy atom. The molecule has 1 saturated carbocycles. The van der Waals surface area contributed by atoms with Crippen molar-refractivity contribution in [3.8, 4) is 0 Å². The van der Waals surface area contributed by atoms with Gasteiger partial charge in [0.1, 0.15) is 5.54 Å². The zero-order chi connectivity index (χ0) is 14.3. The first-order chi connectivity index (χ1) is 9.01. The lowest BCUT2D eigenvalue weighted by Gasteiger charge is -2.29. The molecule has 0 spiro atoms. The minimum atomic E-state index is -0.842. The third kappa shape index (κ3) is 5.11. The fourth-order valence-corrected chi connectivity index (χ4v) is 2.92. The monoisotopic (exact) mass is 270 g/mol. The SMILES string of the molecule is CCOC(=O)C(C)(N)CCCN(CC)C1CCCC1. The maximum atomic E-state index is 11.7. The van der Waals surface area contributed by atoms with Crippen molar-refractivity contribution in [3.63, 3.8) is 0 Å². The molecule has 1 aliphatic rings. The molecule has 1 rings (SSSR count). The van der Waals surface area contributed by atoms with Crippen LogP contribution in [0.15, 0.2) is 0 Å². The summed E-state index contributed by atoms with van der Waals surface area (Å²) in [5.74, 6) is -0.279. The molecule has 1 fully saturated rings. The van der Waals surface area contributed by atoms with Gasteiger partial charge in [0.25, 0.3) is 0 Å². The van der Waals surface area contributed by atoms with Gasteiger partial charge in [0, 0.05) is 6.04 Å². The highest BCUT2D eigenvalue weighted by Gasteiger charge is 2.30. The van der Waals surface area contributed by atoms with Crippen LogP contribution in [0.2, 0.25) is 0 Å².